The molecule has 4 atom stereocenters. The van der Waals surface area contributed by atoms with Gasteiger partial charge >= 0.3 is 6.09 Å². The van der Waals surface area contributed by atoms with Crippen molar-refractivity contribution < 1.29 is 33.3 Å². The summed E-state index contributed by atoms with van der Waals surface area (Å²) in [5.74, 6) is -1.51. The van der Waals surface area contributed by atoms with Gasteiger partial charge in [0.1, 0.15) is 6.61 Å². The molecule has 0 aromatic heterocycles. The molecule has 4 aliphatic rings. The van der Waals surface area contributed by atoms with Gasteiger partial charge in [0.15, 0.2) is 11.5 Å². The number of allylic oxidation sites excluding steroid dienone is 2. The maximum atomic E-state index is 13.2. The van der Waals surface area contributed by atoms with Gasteiger partial charge < -0.3 is 34.9 Å². The summed E-state index contributed by atoms with van der Waals surface area (Å²) in [5.41, 5.74) is 4.79. The van der Waals surface area contributed by atoms with Gasteiger partial charge in [0.25, 0.3) is 0 Å². The van der Waals surface area contributed by atoms with E-state index in [0.717, 1.165) is 0 Å². The first-order valence-corrected chi connectivity index (χ1v) is 8.53. The SMILES string of the molecule is COCC1=C(OC)C(=O)C2=C(C1=O)N1C[C@@H]3N[C@@H]3[C@]1(OC)[C@@H]2COC(N)=O. The fraction of sp³-hybridized carbons (Fsp3) is 0.588. The van der Waals surface area contributed by atoms with Crippen molar-refractivity contribution in [2.75, 3.05) is 41.1 Å². The molecule has 0 unspecified atom stereocenters. The molecule has 10 nitrogen and oxygen atoms in total. The zero-order valence-electron chi connectivity index (χ0n) is 15.2. The minimum atomic E-state index is -1.00. The Morgan fingerprint density at radius 3 is 2.63 bits per heavy atom. The monoisotopic (exact) mass is 379 g/mol. The van der Waals surface area contributed by atoms with Crippen LogP contribution in [-0.2, 0) is 28.5 Å². The molecule has 3 N–H and O–H groups in total. The van der Waals surface area contributed by atoms with Crippen molar-refractivity contribution in [3.8, 4) is 0 Å². The van der Waals surface area contributed by atoms with E-state index in [0.29, 0.717) is 6.54 Å². The van der Waals surface area contributed by atoms with Crippen molar-refractivity contribution in [2.24, 2.45) is 11.7 Å². The van der Waals surface area contributed by atoms with Gasteiger partial charge in [0, 0.05) is 32.4 Å². The van der Waals surface area contributed by atoms with Crippen LogP contribution in [0.25, 0.3) is 0 Å². The number of primary amides is 1. The number of ketones is 2. The second-order valence-corrected chi connectivity index (χ2v) is 6.87. The number of nitrogens with two attached hydrogens (primary N) is 1. The van der Waals surface area contributed by atoms with Crippen LogP contribution in [0, 0.1) is 5.92 Å². The van der Waals surface area contributed by atoms with Gasteiger partial charge in [-0.05, 0) is 0 Å². The average molecular weight is 379 g/mol. The lowest BCUT2D eigenvalue weighted by Gasteiger charge is -2.39. The van der Waals surface area contributed by atoms with Crippen molar-refractivity contribution in [1.82, 2.24) is 10.2 Å². The molecule has 2 saturated heterocycles. The predicted octanol–water partition coefficient (Wildman–Crippen LogP) is -1.34. The lowest BCUT2D eigenvalue weighted by Crippen LogP contribution is -2.55. The Balaban J connectivity index is 1.83. The Labute approximate surface area is 155 Å². The molecule has 2 fully saturated rings. The molecule has 27 heavy (non-hydrogen) atoms. The number of carbonyl (C=O) groups is 3. The Morgan fingerprint density at radius 1 is 1.30 bits per heavy atom. The number of ether oxygens (including phenoxy) is 4. The minimum Gasteiger partial charge on any atom is -0.492 e. The average Bonchev–Trinajstić information content (AvgIpc) is 3.24. The first-order valence-electron chi connectivity index (χ1n) is 8.53. The molecule has 1 amide bonds. The number of fused-ring (bicyclic) bond motifs is 4. The van der Waals surface area contributed by atoms with Crippen molar-refractivity contribution >= 4 is 17.7 Å². The molecule has 3 heterocycles. The van der Waals surface area contributed by atoms with Crippen LogP contribution in [0.3, 0.4) is 0 Å². The van der Waals surface area contributed by atoms with E-state index in [-0.39, 0.29) is 53.7 Å². The van der Waals surface area contributed by atoms with E-state index in [4.69, 9.17) is 24.7 Å². The number of amides is 1. The van der Waals surface area contributed by atoms with E-state index >= 15 is 0 Å². The lowest BCUT2D eigenvalue weighted by atomic mass is 9.83. The van der Waals surface area contributed by atoms with Gasteiger partial charge in [-0.1, -0.05) is 0 Å². The number of carbonyl (C=O) groups excluding carboxylic acids is 3. The molecule has 3 aliphatic heterocycles. The zero-order valence-corrected chi connectivity index (χ0v) is 15.2. The van der Waals surface area contributed by atoms with Gasteiger partial charge in [0.2, 0.25) is 11.6 Å². The van der Waals surface area contributed by atoms with Gasteiger partial charge in [-0.25, -0.2) is 4.79 Å². The lowest BCUT2D eigenvalue weighted by molar-refractivity contribution is -0.137. The standard InChI is InChI=1S/C17H21N3O7/c1-24-5-7-12(21)11-10(13(22)14(7)25-2)8(6-27-16(18)23)17(26-3)15-9(19-15)4-20(11)17/h8-9,15,19H,4-6H2,1-3H3,(H2,18,23)/t8-,9+,15+,17-/m1/s1. The molecule has 0 bridgehead atoms. The highest BCUT2D eigenvalue weighted by atomic mass is 16.6. The summed E-state index contributed by atoms with van der Waals surface area (Å²) in [7, 11) is 4.28. The maximum absolute atomic E-state index is 13.2. The Bertz CT molecular complexity index is 804. The van der Waals surface area contributed by atoms with Crippen molar-refractivity contribution in [3.05, 3.63) is 22.6 Å². The second-order valence-electron chi connectivity index (χ2n) is 6.87. The normalized spacial score (nSPS) is 33.9. The molecular weight excluding hydrogens is 358 g/mol. The third-order valence-electron chi connectivity index (χ3n) is 5.73. The molecule has 4 rings (SSSR count). The number of Topliss-reactive ketones (excluding diaryl/α,β-unsaturated/α-hetero) is 2. The highest BCUT2D eigenvalue weighted by molar-refractivity contribution is 6.25. The van der Waals surface area contributed by atoms with E-state index < -0.39 is 23.5 Å². The van der Waals surface area contributed by atoms with Crippen molar-refractivity contribution in [1.29, 1.82) is 0 Å². The molecular formula is C17H21N3O7. The Hall–Kier alpha value is -2.43. The third kappa shape index (κ3) is 2.20. The number of piperazine rings is 1. The molecule has 146 valence electrons. The van der Waals surface area contributed by atoms with Gasteiger partial charge in [0.05, 0.1) is 36.9 Å². The molecule has 1 aliphatic carbocycles. The summed E-state index contributed by atoms with van der Waals surface area (Å²) in [4.78, 5) is 39.5. The molecule has 0 aromatic carbocycles. The second kappa shape index (κ2) is 6.04. The highest BCUT2D eigenvalue weighted by Gasteiger charge is 2.73. The minimum absolute atomic E-state index is 0.0497. The van der Waals surface area contributed by atoms with Crippen LogP contribution in [0.5, 0.6) is 0 Å². The third-order valence-corrected chi connectivity index (χ3v) is 5.73. The number of hydrogen-bond donors (Lipinski definition) is 2. The van der Waals surface area contributed by atoms with Gasteiger partial charge in [-0.15, -0.1) is 0 Å². The van der Waals surface area contributed by atoms with Crippen LogP contribution in [0.1, 0.15) is 0 Å². The van der Waals surface area contributed by atoms with Crippen LogP contribution in [0.15, 0.2) is 22.6 Å². The van der Waals surface area contributed by atoms with Crippen LogP contribution in [0.4, 0.5) is 4.79 Å². The van der Waals surface area contributed by atoms with E-state index in [9.17, 15) is 14.4 Å². The van der Waals surface area contributed by atoms with Crippen LogP contribution >= 0.6 is 0 Å². The van der Waals surface area contributed by atoms with Crippen molar-refractivity contribution in [3.63, 3.8) is 0 Å². The Morgan fingerprint density at radius 2 is 2.04 bits per heavy atom. The fourth-order valence-electron chi connectivity index (χ4n) is 4.69. The summed E-state index contributed by atoms with van der Waals surface area (Å²) >= 11 is 0. The van der Waals surface area contributed by atoms with Crippen LogP contribution in [-0.4, -0.2) is 81.5 Å². The predicted molar refractivity (Wildman–Crippen MR) is 89.1 cm³/mol. The maximum Gasteiger partial charge on any atom is 0.404 e. The number of methoxy groups -OCH3 is 3. The number of rotatable bonds is 6. The number of nitrogens with zero attached hydrogens (tertiary/aromatic N) is 1. The van der Waals surface area contributed by atoms with E-state index in [1.54, 1.807) is 0 Å². The zero-order chi connectivity index (χ0) is 19.5. The molecule has 0 saturated carbocycles. The highest BCUT2D eigenvalue weighted by Crippen LogP contribution is 2.55. The summed E-state index contributed by atoms with van der Waals surface area (Å²) in [5, 5.41) is 3.29. The van der Waals surface area contributed by atoms with E-state index in [2.05, 4.69) is 5.32 Å². The largest absolute Gasteiger partial charge is 0.492 e. The summed E-state index contributed by atoms with van der Waals surface area (Å²) in [6.45, 7) is 0.275. The smallest absolute Gasteiger partial charge is 0.404 e. The molecule has 10 heteroatoms. The molecule has 0 aromatic rings. The summed E-state index contributed by atoms with van der Waals surface area (Å²) in [6.07, 6.45) is -0.961. The van der Waals surface area contributed by atoms with Crippen LogP contribution < -0.4 is 11.1 Å². The summed E-state index contributed by atoms with van der Waals surface area (Å²) in [6, 6.07) is 0.0451. The van der Waals surface area contributed by atoms with Crippen LogP contribution in [0.2, 0.25) is 0 Å². The first-order chi connectivity index (χ1) is 12.9. The van der Waals surface area contributed by atoms with E-state index in [1.807, 2.05) is 4.90 Å². The van der Waals surface area contributed by atoms with Crippen molar-refractivity contribution in [2.45, 2.75) is 17.8 Å². The van der Waals surface area contributed by atoms with Gasteiger partial charge in [-0.2, -0.15) is 0 Å². The first kappa shape index (κ1) is 18.0. The van der Waals surface area contributed by atoms with E-state index in [1.165, 1.54) is 21.3 Å². The number of hydrogen-bond acceptors (Lipinski definition) is 9. The fourth-order valence-corrected chi connectivity index (χ4v) is 4.69. The summed E-state index contributed by atoms with van der Waals surface area (Å²) < 4.78 is 21.2. The van der Waals surface area contributed by atoms with Gasteiger partial charge in [-0.3, -0.25) is 9.59 Å². The topological polar surface area (TPSA) is 139 Å². The quantitative estimate of drug-likeness (QED) is 0.424. The molecule has 0 spiro atoms. The molecule has 0 radical (unpaired) electrons. The Kier molecular flexibility index (Phi) is 4.02. The number of nitrogens with one attached hydrogen (secondary N) is 1.